The third kappa shape index (κ3) is 5.64. The van der Waals surface area contributed by atoms with E-state index in [0.717, 1.165) is 44.3 Å². The number of carbonyl (C=O) groups is 1. The number of aromatic nitrogens is 2. The summed E-state index contributed by atoms with van der Waals surface area (Å²) >= 11 is 0. The van der Waals surface area contributed by atoms with Crippen molar-refractivity contribution >= 4 is 17.4 Å². The number of rotatable bonds is 8. The second-order valence-corrected chi connectivity index (χ2v) is 8.45. The van der Waals surface area contributed by atoms with E-state index in [-0.39, 0.29) is 30.5 Å². The highest BCUT2D eigenvalue weighted by Gasteiger charge is 2.27. The van der Waals surface area contributed by atoms with E-state index in [1.54, 1.807) is 0 Å². The van der Waals surface area contributed by atoms with Crippen molar-refractivity contribution in [1.82, 2.24) is 14.5 Å². The number of unbranched alkanes of at least 4 members (excludes halogenated alkanes) is 1. The molecule has 1 atom stereocenters. The minimum atomic E-state index is -0.633. The largest absolute Gasteiger partial charge is 0.383 e. The summed E-state index contributed by atoms with van der Waals surface area (Å²) in [5, 5.41) is 0. The van der Waals surface area contributed by atoms with Crippen LogP contribution in [-0.2, 0) is 17.9 Å². The smallest absolute Gasteiger partial charge is 0.330 e. The van der Waals surface area contributed by atoms with E-state index in [2.05, 4.69) is 16.8 Å². The monoisotopic (exact) mass is 427 g/mol. The maximum atomic E-state index is 13.4. The lowest BCUT2D eigenvalue weighted by molar-refractivity contribution is -0.120. The first kappa shape index (κ1) is 22.8. The summed E-state index contributed by atoms with van der Waals surface area (Å²) < 4.78 is 1.36. The van der Waals surface area contributed by atoms with Crippen LogP contribution in [0.5, 0.6) is 0 Å². The van der Waals surface area contributed by atoms with Crippen LogP contribution in [0.2, 0.25) is 0 Å². The molecule has 2 heterocycles. The van der Waals surface area contributed by atoms with Crippen molar-refractivity contribution in [2.75, 3.05) is 30.3 Å². The fraction of sp³-hybridized carbons (Fsp3) is 0.522. The van der Waals surface area contributed by atoms with Gasteiger partial charge in [-0.2, -0.15) is 0 Å². The van der Waals surface area contributed by atoms with Gasteiger partial charge in [-0.25, -0.2) is 4.79 Å². The molecule has 3 rings (SSSR count). The molecular weight excluding hydrogens is 394 g/mol. The Morgan fingerprint density at radius 3 is 2.68 bits per heavy atom. The van der Waals surface area contributed by atoms with Gasteiger partial charge in [0.15, 0.2) is 5.69 Å². The van der Waals surface area contributed by atoms with Crippen LogP contribution < -0.4 is 21.9 Å². The average molecular weight is 428 g/mol. The van der Waals surface area contributed by atoms with Crippen molar-refractivity contribution in [2.45, 2.75) is 52.6 Å². The quantitative estimate of drug-likeness (QED) is 0.672. The van der Waals surface area contributed by atoms with E-state index < -0.39 is 11.2 Å². The highest BCUT2D eigenvalue weighted by Crippen LogP contribution is 2.22. The molecule has 0 saturated carbocycles. The van der Waals surface area contributed by atoms with Crippen molar-refractivity contribution in [3.05, 3.63) is 56.7 Å². The number of aromatic amines is 1. The lowest BCUT2D eigenvalue weighted by atomic mass is 10.0. The minimum Gasteiger partial charge on any atom is -0.383 e. The van der Waals surface area contributed by atoms with Crippen LogP contribution in [0.3, 0.4) is 0 Å². The molecule has 1 aromatic carbocycles. The van der Waals surface area contributed by atoms with Crippen molar-refractivity contribution < 1.29 is 4.79 Å². The van der Waals surface area contributed by atoms with Gasteiger partial charge in [-0.05, 0) is 37.3 Å². The second kappa shape index (κ2) is 10.4. The molecule has 1 aliphatic rings. The molecular formula is C23H33N5O3. The van der Waals surface area contributed by atoms with Gasteiger partial charge < -0.3 is 5.73 Å². The molecule has 1 aromatic heterocycles. The van der Waals surface area contributed by atoms with Gasteiger partial charge in [-0.1, -0.05) is 50.6 Å². The number of H-pyrrole nitrogens is 1. The maximum absolute atomic E-state index is 13.4. The van der Waals surface area contributed by atoms with Gasteiger partial charge in [0.25, 0.3) is 5.56 Å². The summed E-state index contributed by atoms with van der Waals surface area (Å²) in [7, 11) is 0. The normalized spacial score (nSPS) is 16.9. The Labute approximate surface area is 182 Å². The molecule has 2 aromatic rings. The van der Waals surface area contributed by atoms with Crippen LogP contribution in [0.15, 0.2) is 39.9 Å². The molecule has 1 saturated heterocycles. The summed E-state index contributed by atoms with van der Waals surface area (Å²) in [6.45, 7) is 6.72. The Balaban J connectivity index is 1.98. The number of nitrogens with two attached hydrogens (primary N) is 1. The van der Waals surface area contributed by atoms with Crippen LogP contribution in [0.4, 0.5) is 11.5 Å². The fourth-order valence-electron chi connectivity index (χ4n) is 4.14. The van der Waals surface area contributed by atoms with Crippen LogP contribution in [-0.4, -0.2) is 40.0 Å². The van der Waals surface area contributed by atoms with E-state index in [4.69, 9.17) is 5.73 Å². The van der Waals surface area contributed by atoms with Gasteiger partial charge in [0.2, 0.25) is 5.91 Å². The molecule has 31 heavy (non-hydrogen) atoms. The summed E-state index contributed by atoms with van der Waals surface area (Å²) in [5.74, 6) is 0.378. The highest BCUT2D eigenvalue weighted by atomic mass is 16.2. The summed E-state index contributed by atoms with van der Waals surface area (Å²) in [6.07, 6.45) is 3.83. The van der Waals surface area contributed by atoms with E-state index in [0.29, 0.717) is 12.5 Å². The number of hydrogen-bond acceptors (Lipinski definition) is 5. The number of nitrogens with one attached hydrogen (secondary N) is 1. The molecule has 0 radical (unpaired) electrons. The zero-order chi connectivity index (χ0) is 22.4. The molecule has 0 spiro atoms. The lowest BCUT2D eigenvalue weighted by Gasteiger charge is -2.32. The van der Waals surface area contributed by atoms with E-state index >= 15 is 0 Å². The molecule has 1 aliphatic heterocycles. The summed E-state index contributed by atoms with van der Waals surface area (Å²) in [4.78, 5) is 44.5. The maximum Gasteiger partial charge on any atom is 0.330 e. The number of anilines is 2. The summed E-state index contributed by atoms with van der Waals surface area (Å²) in [6, 6.07) is 9.48. The molecule has 168 valence electrons. The summed E-state index contributed by atoms with van der Waals surface area (Å²) in [5.41, 5.74) is 6.06. The number of hydrogen-bond donors (Lipinski definition) is 2. The molecule has 8 nitrogen and oxygen atoms in total. The van der Waals surface area contributed by atoms with Gasteiger partial charge in [0.1, 0.15) is 5.82 Å². The van der Waals surface area contributed by atoms with Crippen molar-refractivity contribution in [3.63, 3.8) is 0 Å². The van der Waals surface area contributed by atoms with Crippen molar-refractivity contribution in [1.29, 1.82) is 0 Å². The number of amides is 1. The van der Waals surface area contributed by atoms with Gasteiger partial charge in [0, 0.05) is 13.1 Å². The lowest BCUT2D eigenvalue weighted by Crippen LogP contribution is -2.46. The van der Waals surface area contributed by atoms with Gasteiger partial charge in [-0.15, -0.1) is 0 Å². The van der Waals surface area contributed by atoms with Crippen LogP contribution in [0.25, 0.3) is 0 Å². The van der Waals surface area contributed by atoms with Crippen LogP contribution >= 0.6 is 0 Å². The Morgan fingerprint density at radius 2 is 2.00 bits per heavy atom. The Bertz CT molecular complexity index is 999. The first-order valence-corrected chi connectivity index (χ1v) is 11.1. The third-order valence-electron chi connectivity index (χ3n) is 5.80. The molecule has 1 fully saturated rings. The molecule has 0 aliphatic carbocycles. The van der Waals surface area contributed by atoms with E-state index in [9.17, 15) is 14.4 Å². The van der Waals surface area contributed by atoms with Crippen LogP contribution in [0, 0.1) is 5.92 Å². The number of piperidine rings is 1. The SMILES string of the molecule is CCCCn1c(N)c(N(Cc2ccccc2)C(=O)CN2CCC[C@H](C)C2)c(=O)[nH]c1=O. The molecule has 1 amide bonds. The number of benzene rings is 1. The number of nitrogen functional groups attached to an aromatic ring is 1. The second-order valence-electron chi connectivity index (χ2n) is 8.45. The number of carbonyl (C=O) groups excluding carboxylic acids is 1. The topological polar surface area (TPSA) is 104 Å². The molecule has 3 N–H and O–H groups in total. The zero-order valence-corrected chi connectivity index (χ0v) is 18.5. The fourth-order valence-corrected chi connectivity index (χ4v) is 4.14. The highest BCUT2D eigenvalue weighted by molar-refractivity contribution is 5.96. The Morgan fingerprint density at radius 1 is 1.26 bits per heavy atom. The molecule has 8 heteroatoms. The van der Waals surface area contributed by atoms with Crippen LogP contribution in [0.1, 0.15) is 45.1 Å². The van der Waals surface area contributed by atoms with Gasteiger partial charge in [-0.3, -0.25) is 28.9 Å². The van der Waals surface area contributed by atoms with Gasteiger partial charge in [0.05, 0.1) is 13.1 Å². The standard InChI is InChI=1S/C23H33N5O3/c1-3-4-13-27-21(24)20(22(30)25-23(27)31)28(15-18-10-6-5-7-11-18)19(29)16-26-12-8-9-17(2)14-26/h5-7,10-11,17H,3-4,8-9,12-16,24H2,1-2H3,(H,25,30,31)/t17-/m0/s1. The minimum absolute atomic E-state index is 0.0403. The zero-order valence-electron chi connectivity index (χ0n) is 18.5. The van der Waals surface area contributed by atoms with Crippen molar-refractivity contribution in [3.8, 4) is 0 Å². The predicted molar refractivity (Wildman–Crippen MR) is 123 cm³/mol. The average Bonchev–Trinajstić information content (AvgIpc) is 2.73. The van der Waals surface area contributed by atoms with E-state index in [1.165, 1.54) is 9.47 Å². The number of likely N-dealkylation sites (tertiary alicyclic amines) is 1. The molecule has 0 bridgehead atoms. The number of nitrogens with zero attached hydrogens (tertiary/aromatic N) is 3. The Hall–Kier alpha value is -2.87. The first-order chi connectivity index (χ1) is 14.9. The van der Waals surface area contributed by atoms with Crippen molar-refractivity contribution in [2.24, 2.45) is 5.92 Å². The predicted octanol–water partition coefficient (Wildman–Crippen LogP) is 2.18. The third-order valence-corrected chi connectivity index (χ3v) is 5.80. The Kier molecular flexibility index (Phi) is 7.68. The van der Waals surface area contributed by atoms with E-state index in [1.807, 2.05) is 37.3 Å². The van der Waals surface area contributed by atoms with Gasteiger partial charge >= 0.3 is 5.69 Å². The molecule has 0 unspecified atom stereocenters. The first-order valence-electron chi connectivity index (χ1n) is 11.1.